The van der Waals surface area contributed by atoms with E-state index in [1.165, 1.54) is 15.4 Å². The summed E-state index contributed by atoms with van der Waals surface area (Å²) in [7, 11) is 0. The topological polar surface area (TPSA) is 37.8 Å². The van der Waals surface area contributed by atoms with Gasteiger partial charge in [0.1, 0.15) is 0 Å². The maximum atomic E-state index is 4.67. The standard InChI is InChI=1S/C16H23N3S/c1-6-17-15(9-16-19-12(4)13(5)20-16)14-7-10(2)18-11(3)8-14/h7-8,15,17H,6,9H2,1-5H3. The van der Waals surface area contributed by atoms with Crippen molar-refractivity contribution in [2.75, 3.05) is 6.54 Å². The average Bonchev–Trinajstić information content (AvgIpc) is 2.66. The Morgan fingerprint density at radius 1 is 1.10 bits per heavy atom. The zero-order valence-electron chi connectivity index (χ0n) is 12.9. The van der Waals surface area contributed by atoms with E-state index in [0.29, 0.717) is 6.04 Å². The Morgan fingerprint density at radius 2 is 1.75 bits per heavy atom. The lowest BCUT2D eigenvalue weighted by Crippen LogP contribution is -2.23. The highest BCUT2D eigenvalue weighted by Gasteiger charge is 2.15. The molecule has 0 amide bonds. The highest BCUT2D eigenvalue weighted by Crippen LogP contribution is 2.24. The van der Waals surface area contributed by atoms with Crippen molar-refractivity contribution in [1.29, 1.82) is 0 Å². The van der Waals surface area contributed by atoms with E-state index >= 15 is 0 Å². The zero-order valence-corrected chi connectivity index (χ0v) is 13.8. The van der Waals surface area contributed by atoms with Gasteiger partial charge >= 0.3 is 0 Å². The fourth-order valence-electron chi connectivity index (χ4n) is 2.42. The van der Waals surface area contributed by atoms with Crippen molar-refractivity contribution in [3.8, 4) is 0 Å². The molecule has 108 valence electrons. The predicted octanol–water partition coefficient (Wildman–Crippen LogP) is 3.67. The minimum Gasteiger partial charge on any atom is -0.310 e. The second-order valence-electron chi connectivity index (χ2n) is 5.25. The molecule has 1 atom stereocenters. The van der Waals surface area contributed by atoms with E-state index in [9.17, 15) is 0 Å². The summed E-state index contributed by atoms with van der Waals surface area (Å²) >= 11 is 1.80. The van der Waals surface area contributed by atoms with Gasteiger partial charge in [-0.3, -0.25) is 4.98 Å². The van der Waals surface area contributed by atoms with Crippen LogP contribution in [-0.2, 0) is 6.42 Å². The molecule has 2 aromatic heterocycles. The van der Waals surface area contributed by atoms with Crippen molar-refractivity contribution in [3.63, 3.8) is 0 Å². The SMILES string of the molecule is CCNC(Cc1nc(C)c(C)s1)c1cc(C)nc(C)c1. The first-order valence-electron chi connectivity index (χ1n) is 7.11. The van der Waals surface area contributed by atoms with Gasteiger partial charge in [-0.25, -0.2) is 4.98 Å². The largest absolute Gasteiger partial charge is 0.310 e. The van der Waals surface area contributed by atoms with Crippen molar-refractivity contribution >= 4 is 11.3 Å². The molecule has 0 aliphatic rings. The quantitative estimate of drug-likeness (QED) is 0.912. The highest BCUT2D eigenvalue weighted by molar-refractivity contribution is 7.11. The minimum absolute atomic E-state index is 0.311. The van der Waals surface area contributed by atoms with Gasteiger partial charge in [0.25, 0.3) is 0 Å². The third-order valence-corrected chi connectivity index (χ3v) is 4.50. The Bertz CT molecular complexity index is 550. The molecular formula is C16H23N3S. The summed E-state index contributed by atoms with van der Waals surface area (Å²) < 4.78 is 0. The van der Waals surface area contributed by atoms with E-state index in [0.717, 1.165) is 30.0 Å². The summed E-state index contributed by atoms with van der Waals surface area (Å²) in [4.78, 5) is 10.4. The van der Waals surface area contributed by atoms with Crippen LogP contribution < -0.4 is 5.32 Å². The van der Waals surface area contributed by atoms with Gasteiger partial charge in [0.05, 0.1) is 10.7 Å². The van der Waals surface area contributed by atoms with Gasteiger partial charge in [0.15, 0.2) is 0 Å². The van der Waals surface area contributed by atoms with Crippen molar-refractivity contribution in [1.82, 2.24) is 15.3 Å². The summed E-state index contributed by atoms with van der Waals surface area (Å²) in [6.45, 7) is 11.4. The number of nitrogens with zero attached hydrogens (tertiary/aromatic N) is 2. The molecule has 0 aliphatic heterocycles. The third-order valence-electron chi connectivity index (χ3n) is 3.41. The molecule has 3 nitrogen and oxygen atoms in total. The van der Waals surface area contributed by atoms with E-state index in [-0.39, 0.29) is 0 Å². The Hall–Kier alpha value is -1.26. The first kappa shape index (κ1) is 15.1. The molecule has 1 unspecified atom stereocenters. The molecule has 2 heterocycles. The molecule has 0 fully saturated rings. The van der Waals surface area contributed by atoms with Gasteiger partial charge in [-0.2, -0.15) is 0 Å². The predicted molar refractivity (Wildman–Crippen MR) is 85.4 cm³/mol. The van der Waals surface area contributed by atoms with Crippen molar-refractivity contribution in [3.05, 3.63) is 44.7 Å². The number of thiazole rings is 1. The van der Waals surface area contributed by atoms with E-state index < -0.39 is 0 Å². The highest BCUT2D eigenvalue weighted by atomic mass is 32.1. The number of nitrogens with one attached hydrogen (secondary N) is 1. The molecular weight excluding hydrogens is 266 g/mol. The van der Waals surface area contributed by atoms with Crippen LogP contribution in [0.1, 0.15) is 45.5 Å². The molecule has 4 heteroatoms. The Morgan fingerprint density at radius 3 is 2.25 bits per heavy atom. The first-order chi connectivity index (χ1) is 9.49. The Kier molecular flexibility index (Phi) is 4.89. The molecule has 0 saturated carbocycles. The molecule has 0 radical (unpaired) electrons. The zero-order chi connectivity index (χ0) is 14.7. The second-order valence-corrected chi connectivity index (χ2v) is 6.53. The second kappa shape index (κ2) is 6.46. The normalized spacial score (nSPS) is 12.7. The average molecular weight is 289 g/mol. The van der Waals surface area contributed by atoms with Gasteiger partial charge in [0.2, 0.25) is 0 Å². The van der Waals surface area contributed by atoms with Crippen molar-refractivity contribution in [2.45, 2.75) is 47.1 Å². The summed E-state index contributed by atoms with van der Waals surface area (Å²) in [6.07, 6.45) is 0.941. The van der Waals surface area contributed by atoms with Gasteiger partial charge in [0, 0.05) is 28.7 Å². The van der Waals surface area contributed by atoms with Crippen LogP contribution in [0.25, 0.3) is 0 Å². The van der Waals surface area contributed by atoms with Crippen LogP contribution in [0, 0.1) is 27.7 Å². The lowest BCUT2D eigenvalue weighted by Gasteiger charge is -2.18. The van der Waals surface area contributed by atoms with Crippen LogP contribution in [-0.4, -0.2) is 16.5 Å². The fraction of sp³-hybridized carbons (Fsp3) is 0.500. The molecule has 1 N–H and O–H groups in total. The van der Waals surface area contributed by atoms with Crippen LogP contribution in [0.5, 0.6) is 0 Å². The van der Waals surface area contributed by atoms with Gasteiger partial charge in [-0.15, -0.1) is 11.3 Å². The van der Waals surface area contributed by atoms with E-state index in [4.69, 9.17) is 0 Å². The van der Waals surface area contributed by atoms with Crippen LogP contribution in [0.2, 0.25) is 0 Å². The maximum Gasteiger partial charge on any atom is 0.0949 e. The van der Waals surface area contributed by atoms with Crippen molar-refractivity contribution in [2.24, 2.45) is 0 Å². The maximum absolute atomic E-state index is 4.67. The van der Waals surface area contributed by atoms with E-state index in [2.05, 4.69) is 62.0 Å². The number of aromatic nitrogens is 2. The molecule has 0 aliphatic carbocycles. The lowest BCUT2D eigenvalue weighted by molar-refractivity contribution is 0.547. The molecule has 0 spiro atoms. The summed E-state index contributed by atoms with van der Waals surface area (Å²) in [5.41, 5.74) is 4.62. The number of likely N-dealkylation sites (N-methyl/N-ethyl adjacent to an activating group) is 1. The van der Waals surface area contributed by atoms with Crippen molar-refractivity contribution < 1.29 is 0 Å². The number of rotatable bonds is 5. The summed E-state index contributed by atoms with van der Waals surface area (Å²) in [6, 6.07) is 4.66. The van der Waals surface area contributed by atoms with Gasteiger partial charge in [-0.05, 0) is 51.9 Å². The summed E-state index contributed by atoms with van der Waals surface area (Å²) in [5.74, 6) is 0. The van der Waals surface area contributed by atoms with E-state index in [1.54, 1.807) is 11.3 Å². The van der Waals surface area contributed by atoms with E-state index in [1.807, 2.05) is 0 Å². The lowest BCUT2D eigenvalue weighted by atomic mass is 10.0. The van der Waals surface area contributed by atoms with Gasteiger partial charge < -0.3 is 5.32 Å². The van der Waals surface area contributed by atoms with Crippen LogP contribution in [0.4, 0.5) is 0 Å². The molecule has 2 aromatic rings. The number of aryl methyl sites for hydroxylation is 4. The molecule has 0 saturated heterocycles. The van der Waals surface area contributed by atoms with Crippen LogP contribution >= 0.6 is 11.3 Å². The van der Waals surface area contributed by atoms with Crippen LogP contribution in [0.3, 0.4) is 0 Å². The fourth-order valence-corrected chi connectivity index (χ4v) is 3.40. The molecule has 20 heavy (non-hydrogen) atoms. The third kappa shape index (κ3) is 3.64. The Balaban J connectivity index is 2.26. The first-order valence-corrected chi connectivity index (χ1v) is 7.92. The molecule has 0 bridgehead atoms. The monoisotopic (exact) mass is 289 g/mol. The smallest absolute Gasteiger partial charge is 0.0949 e. The number of hydrogen-bond donors (Lipinski definition) is 1. The number of pyridine rings is 1. The van der Waals surface area contributed by atoms with Crippen LogP contribution in [0.15, 0.2) is 12.1 Å². The molecule has 2 rings (SSSR count). The number of hydrogen-bond acceptors (Lipinski definition) is 4. The molecule has 0 aromatic carbocycles. The Labute approximate surface area is 125 Å². The van der Waals surface area contributed by atoms with Gasteiger partial charge in [-0.1, -0.05) is 6.92 Å². The summed E-state index contributed by atoms with van der Waals surface area (Å²) in [5, 5.41) is 4.78. The minimum atomic E-state index is 0.311.